The number of carbonyl (C=O) groups excluding carboxylic acids is 1. The number of benzene rings is 1. The van der Waals surface area contributed by atoms with E-state index >= 15 is 0 Å². The van der Waals surface area contributed by atoms with E-state index < -0.39 is 0 Å². The van der Waals surface area contributed by atoms with Crippen molar-refractivity contribution in [3.05, 3.63) is 35.4 Å². The maximum atomic E-state index is 12.0. The van der Waals surface area contributed by atoms with Gasteiger partial charge in [0.15, 0.2) is 0 Å². The Morgan fingerprint density at radius 1 is 1.38 bits per heavy atom. The average molecular weight is 290 g/mol. The largest absolute Gasteiger partial charge is 0.384 e. The number of nitrogens with zero attached hydrogens (tertiary/aromatic N) is 1. The number of hydrogen-bond acceptors (Lipinski definition) is 3. The Balaban J connectivity index is 1.72. The number of aryl methyl sites for hydroxylation is 1. The lowest BCUT2D eigenvalue weighted by Gasteiger charge is -2.31. The number of rotatable bonds is 6. The van der Waals surface area contributed by atoms with Gasteiger partial charge in [0.25, 0.3) is 0 Å². The van der Waals surface area contributed by atoms with E-state index in [-0.39, 0.29) is 5.91 Å². The van der Waals surface area contributed by atoms with Crippen molar-refractivity contribution in [2.45, 2.75) is 26.3 Å². The van der Waals surface area contributed by atoms with E-state index in [2.05, 4.69) is 41.4 Å². The summed E-state index contributed by atoms with van der Waals surface area (Å²) in [6.07, 6.45) is 2.36. The van der Waals surface area contributed by atoms with E-state index in [1.165, 1.54) is 12.0 Å². The summed E-state index contributed by atoms with van der Waals surface area (Å²) in [5, 5.41) is 3.00. The van der Waals surface area contributed by atoms with Gasteiger partial charge < -0.3 is 10.1 Å². The molecular formula is C17H26N2O2. The van der Waals surface area contributed by atoms with Crippen LogP contribution in [0.2, 0.25) is 0 Å². The molecule has 1 amide bonds. The number of nitrogens with one attached hydrogen (secondary N) is 1. The molecular weight excluding hydrogens is 264 g/mol. The lowest BCUT2D eigenvalue weighted by molar-refractivity contribution is -0.122. The van der Waals surface area contributed by atoms with Crippen LogP contribution >= 0.6 is 0 Å². The van der Waals surface area contributed by atoms with Gasteiger partial charge in [0, 0.05) is 20.2 Å². The molecule has 1 saturated heterocycles. The second-order valence-corrected chi connectivity index (χ2v) is 5.96. The molecule has 116 valence electrons. The lowest BCUT2D eigenvalue weighted by atomic mass is 9.99. The first kappa shape index (κ1) is 16.0. The van der Waals surface area contributed by atoms with Crippen LogP contribution in [0.3, 0.4) is 0 Å². The SMILES string of the molecule is COC[C@@H]1CCCN(CC(=O)NCc2ccc(C)cc2)C1. The fourth-order valence-corrected chi connectivity index (χ4v) is 2.83. The summed E-state index contributed by atoms with van der Waals surface area (Å²) in [5.74, 6) is 0.669. The quantitative estimate of drug-likeness (QED) is 0.871. The Kier molecular flexibility index (Phi) is 6.21. The maximum absolute atomic E-state index is 12.0. The van der Waals surface area contributed by atoms with Gasteiger partial charge in [-0.05, 0) is 37.8 Å². The summed E-state index contributed by atoms with van der Waals surface area (Å²) in [6, 6.07) is 8.26. The third-order valence-corrected chi connectivity index (χ3v) is 3.98. The molecule has 0 radical (unpaired) electrons. The van der Waals surface area contributed by atoms with Crippen molar-refractivity contribution in [1.29, 1.82) is 0 Å². The minimum atomic E-state index is 0.105. The predicted molar refractivity (Wildman–Crippen MR) is 84.1 cm³/mol. The van der Waals surface area contributed by atoms with Gasteiger partial charge in [-0.25, -0.2) is 0 Å². The number of amides is 1. The van der Waals surface area contributed by atoms with Gasteiger partial charge in [0.2, 0.25) is 5.91 Å². The van der Waals surface area contributed by atoms with E-state index in [4.69, 9.17) is 4.74 Å². The van der Waals surface area contributed by atoms with Crippen molar-refractivity contribution >= 4 is 5.91 Å². The Morgan fingerprint density at radius 3 is 2.86 bits per heavy atom. The normalized spacial score (nSPS) is 19.4. The van der Waals surface area contributed by atoms with Gasteiger partial charge in [0.05, 0.1) is 13.2 Å². The first-order chi connectivity index (χ1) is 10.2. The van der Waals surface area contributed by atoms with Gasteiger partial charge in [-0.2, -0.15) is 0 Å². The first-order valence-corrected chi connectivity index (χ1v) is 7.71. The molecule has 1 fully saturated rings. The zero-order valence-corrected chi connectivity index (χ0v) is 13.1. The van der Waals surface area contributed by atoms with Crippen molar-refractivity contribution in [1.82, 2.24) is 10.2 Å². The van der Waals surface area contributed by atoms with Crippen LogP contribution in [-0.4, -0.2) is 44.2 Å². The van der Waals surface area contributed by atoms with Crippen LogP contribution in [0.5, 0.6) is 0 Å². The van der Waals surface area contributed by atoms with Crippen LogP contribution in [0, 0.1) is 12.8 Å². The summed E-state index contributed by atoms with van der Waals surface area (Å²) >= 11 is 0. The average Bonchev–Trinajstić information content (AvgIpc) is 2.47. The third-order valence-electron chi connectivity index (χ3n) is 3.98. The molecule has 1 aliphatic rings. The highest BCUT2D eigenvalue weighted by Crippen LogP contribution is 2.16. The highest BCUT2D eigenvalue weighted by atomic mass is 16.5. The number of carbonyl (C=O) groups is 1. The molecule has 4 heteroatoms. The smallest absolute Gasteiger partial charge is 0.234 e. The highest BCUT2D eigenvalue weighted by molar-refractivity contribution is 5.78. The summed E-state index contributed by atoms with van der Waals surface area (Å²) in [4.78, 5) is 14.3. The minimum Gasteiger partial charge on any atom is -0.384 e. The zero-order chi connectivity index (χ0) is 15.1. The van der Waals surface area contributed by atoms with Gasteiger partial charge in [-0.15, -0.1) is 0 Å². The Labute approximate surface area is 127 Å². The Hall–Kier alpha value is -1.39. The molecule has 0 aliphatic carbocycles. The van der Waals surface area contributed by atoms with Gasteiger partial charge >= 0.3 is 0 Å². The molecule has 0 spiro atoms. The number of methoxy groups -OCH3 is 1. The first-order valence-electron chi connectivity index (χ1n) is 7.71. The molecule has 0 saturated carbocycles. The van der Waals surface area contributed by atoms with E-state index in [9.17, 15) is 4.79 Å². The zero-order valence-electron chi connectivity index (χ0n) is 13.1. The van der Waals surface area contributed by atoms with Crippen LogP contribution in [0.4, 0.5) is 0 Å². The van der Waals surface area contributed by atoms with Crippen LogP contribution < -0.4 is 5.32 Å². The van der Waals surface area contributed by atoms with E-state index in [0.717, 1.165) is 31.7 Å². The van der Waals surface area contributed by atoms with Crippen molar-refractivity contribution < 1.29 is 9.53 Å². The molecule has 1 aromatic carbocycles. The fraction of sp³-hybridized carbons (Fsp3) is 0.588. The molecule has 1 heterocycles. The molecule has 21 heavy (non-hydrogen) atoms. The summed E-state index contributed by atoms with van der Waals surface area (Å²) in [6.45, 7) is 5.93. The molecule has 0 unspecified atom stereocenters. The number of likely N-dealkylation sites (tertiary alicyclic amines) is 1. The summed E-state index contributed by atoms with van der Waals surface area (Å²) in [5.41, 5.74) is 2.38. The van der Waals surface area contributed by atoms with Crippen molar-refractivity contribution in [2.24, 2.45) is 5.92 Å². The monoisotopic (exact) mass is 290 g/mol. The van der Waals surface area contributed by atoms with Crippen LogP contribution in [0.15, 0.2) is 24.3 Å². The van der Waals surface area contributed by atoms with Crippen LogP contribution in [0.1, 0.15) is 24.0 Å². The molecule has 1 aromatic rings. The molecule has 1 aliphatic heterocycles. The number of hydrogen-bond donors (Lipinski definition) is 1. The van der Waals surface area contributed by atoms with Gasteiger partial charge in [0.1, 0.15) is 0 Å². The van der Waals surface area contributed by atoms with Gasteiger partial charge in [-0.1, -0.05) is 29.8 Å². The fourth-order valence-electron chi connectivity index (χ4n) is 2.83. The maximum Gasteiger partial charge on any atom is 0.234 e. The predicted octanol–water partition coefficient (Wildman–Crippen LogP) is 1.97. The molecule has 1 N–H and O–H groups in total. The van der Waals surface area contributed by atoms with Crippen molar-refractivity contribution in [3.63, 3.8) is 0 Å². The van der Waals surface area contributed by atoms with Crippen LogP contribution in [-0.2, 0) is 16.1 Å². The Morgan fingerprint density at radius 2 is 2.14 bits per heavy atom. The molecule has 0 bridgehead atoms. The molecule has 1 atom stereocenters. The lowest BCUT2D eigenvalue weighted by Crippen LogP contribution is -2.43. The van der Waals surface area contributed by atoms with Crippen molar-refractivity contribution in [3.8, 4) is 0 Å². The van der Waals surface area contributed by atoms with Gasteiger partial charge in [-0.3, -0.25) is 9.69 Å². The third kappa shape index (κ3) is 5.48. The number of ether oxygens (including phenoxy) is 1. The van der Waals surface area contributed by atoms with Crippen LogP contribution in [0.25, 0.3) is 0 Å². The summed E-state index contributed by atoms with van der Waals surface area (Å²) < 4.78 is 5.22. The molecule has 0 aromatic heterocycles. The summed E-state index contributed by atoms with van der Waals surface area (Å²) in [7, 11) is 1.74. The Bertz CT molecular complexity index is 443. The second-order valence-electron chi connectivity index (χ2n) is 5.96. The molecule has 4 nitrogen and oxygen atoms in total. The number of piperidine rings is 1. The second kappa shape index (κ2) is 8.15. The highest BCUT2D eigenvalue weighted by Gasteiger charge is 2.21. The minimum absolute atomic E-state index is 0.105. The standard InChI is InChI=1S/C17H26N2O2/c1-14-5-7-15(8-6-14)10-18-17(20)12-19-9-3-4-16(11-19)13-21-2/h5-8,16H,3-4,9-13H2,1-2H3,(H,18,20)/t16-/m1/s1. The van der Waals surface area contributed by atoms with Crippen molar-refractivity contribution in [2.75, 3.05) is 33.4 Å². The van der Waals surface area contributed by atoms with E-state index in [0.29, 0.717) is 19.0 Å². The topological polar surface area (TPSA) is 41.6 Å². The molecule has 2 rings (SSSR count). The van der Waals surface area contributed by atoms with E-state index in [1.54, 1.807) is 7.11 Å². The van der Waals surface area contributed by atoms with E-state index in [1.807, 2.05) is 0 Å².